The summed E-state index contributed by atoms with van der Waals surface area (Å²) in [6.45, 7) is 0.749. The van der Waals surface area contributed by atoms with E-state index in [9.17, 15) is 8.42 Å². The van der Waals surface area contributed by atoms with Crippen LogP contribution < -0.4 is 4.72 Å². The molecule has 2 saturated heterocycles. The zero-order valence-electron chi connectivity index (χ0n) is 10.5. The average molecular weight is 283 g/mol. The normalized spacial score (nSPS) is 33.6. The Hall–Kier alpha value is -0.950. The smallest absolute Gasteiger partial charge is 0.336 e. The van der Waals surface area contributed by atoms with Crippen molar-refractivity contribution < 1.29 is 17.3 Å². The topological polar surface area (TPSA) is 64.6 Å². The molecule has 2 aliphatic heterocycles. The summed E-state index contributed by atoms with van der Waals surface area (Å²) >= 11 is 0. The van der Waals surface area contributed by atoms with E-state index in [1.165, 1.54) is 0 Å². The second-order valence-electron chi connectivity index (χ2n) is 5.06. The van der Waals surface area contributed by atoms with Crippen molar-refractivity contribution in [1.82, 2.24) is 4.72 Å². The van der Waals surface area contributed by atoms with Crippen LogP contribution in [0.1, 0.15) is 18.4 Å². The molecule has 0 saturated carbocycles. The standard InChI is InChI=1S/C13H17NO4S/c15-19(16)14-12-6-8-17-13(12,7-9-18-19)10-11-4-2-1-3-5-11/h1-5,12,14H,6-10H2/t12-,13-/m1/s1. The fourth-order valence-electron chi connectivity index (χ4n) is 2.89. The van der Waals surface area contributed by atoms with Crippen molar-refractivity contribution in [3.05, 3.63) is 35.9 Å². The van der Waals surface area contributed by atoms with Crippen LogP contribution in [0.5, 0.6) is 0 Å². The SMILES string of the molecule is O=S1(=O)N[C@@H]2CCO[C@@]2(Cc2ccccc2)CCO1. The summed E-state index contributed by atoms with van der Waals surface area (Å²) in [5.74, 6) is 0. The molecule has 2 atom stereocenters. The van der Waals surface area contributed by atoms with Crippen molar-refractivity contribution in [3.8, 4) is 0 Å². The summed E-state index contributed by atoms with van der Waals surface area (Å²) in [5.41, 5.74) is 0.667. The van der Waals surface area contributed by atoms with Crippen LogP contribution in [0.15, 0.2) is 30.3 Å². The predicted molar refractivity (Wildman–Crippen MR) is 69.9 cm³/mol. The molecule has 1 N–H and O–H groups in total. The Morgan fingerprint density at radius 1 is 1.26 bits per heavy atom. The minimum absolute atomic E-state index is 0.165. The summed E-state index contributed by atoms with van der Waals surface area (Å²) in [4.78, 5) is 0. The molecule has 0 amide bonds. The molecule has 5 nitrogen and oxygen atoms in total. The van der Waals surface area contributed by atoms with Crippen molar-refractivity contribution in [2.24, 2.45) is 0 Å². The Balaban J connectivity index is 1.88. The van der Waals surface area contributed by atoms with Gasteiger partial charge in [0.15, 0.2) is 0 Å². The lowest BCUT2D eigenvalue weighted by Crippen LogP contribution is -2.49. The maximum atomic E-state index is 11.6. The first-order chi connectivity index (χ1) is 9.10. The first-order valence-corrected chi connectivity index (χ1v) is 7.85. The molecule has 1 aromatic rings. The highest BCUT2D eigenvalue weighted by Crippen LogP contribution is 2.35. The zero-order chi connectivity index (χ0) is 13.3. The molecule has 2 aliphatic rings. The van der Waals surface area contributed by atoms with Gasteiger partial charge in [-0.05, 0) is 12.0 Å². The van der Waals surface area contributed by atoms with E-state index in [0.29, 0.717) is 25.9 Å². The number of ether oxygens (including phenoxy) is 1. The fraction of sp³-hybridized carbons (Fsp3) is 0.538. The number of nitrogens with one attached hydrogen (secondary N) is 1. The van der Waals surface area contributed by atoms with Gasteiger partial charge in [0.05, 0.1) is 18.2 Å². The molecule has 3 rings (SSSR count). The molecule has 0 radical (unpaired) electrons. The third-order valence-electron chi connectivity index (χ3n) is 3.83. The van der Waals surface area contributed by atoms with Crippen molar-refractivity contribution in [2.45, 2.75) is 30.9 Å². The summed E-state index contributed by atoms with van der Waals surface area (Å²) in [7, 11) is -3.63. The van der Waals surface area contributed by atoms with Gasteiger partial charge in [-0.2, -0.15) is 13.1 Å². The van der Waals surface area contributed by atoms with Gasteiger partial charge in [0.25, 0.3) is 0 Å². The van der Waals surface area contributed by atoms with E-state index in [2.05, 4.69) is 4.72 Å². The van der Waals surface area contributed by atoms with E-state index >= 15 is 0 Å². The van der Waals surface area contributed by atoms with E-state index in [0.717, 1.165) is 5.56 Å². The van der Waals surface area contributed by atoms with Crippen LogP contribution in [-0.2, 0) is 25.6 Å². The van der Waals surface area contributed by atoms with Crippen LogP contribution in [0.4, 0.5) is 0 Å². The van der Waals surface area contributed by atoms with E-state index in [1.807, 2.05) is 30.3 Å². The first kappa shape index (κ1) is 13.1. The van der Waals surface area contributed by atoms with Crippen LogP contribution in [-0.4, -0.2) is 33.3 Å². The van der Waals surface area contributed by atoms with Crippen LogP contribution >= 0.6 is 0 Å². The Bertz CT molecular complexity index is 545. The summed E-state index contributed by atoms with van der Waals surface area (Å²) in [6.07, 6.45) is 1.97. The van der Waals surface area contributed by atoms with Crippen LogP contribution in [0.2, 0.25) is 0 Å². The Morgan fingerprint density at radius 3 is 2.84 bits per heavy atom. The van der Waals surface area contributed by atoms with Gasteiger partial charge in [-0.1, -0.05) is 30.3 Å². The monoisotopic (exact) mass is 283 g/mol. The summed E-state index contributed by atoms with van der Waals surface area (Å²) in [5, 5.41) is 0. The lowest BCUT2D eigenvalue weighted by atomic mass is 9.85. The van der Waals surface area contributed by atoms with E-state index in [4.69, 9.17) is 8.92 Å². The zero-order valence-corrected chi connectivity index (χ0v) is 11.4. The molecular formula is C13H17NO4S. The number of rotatable bonds is 2. The van der Waals surface area contributed by atoms with E-state index in [-0.39, 0.29) is 12.6 Å². The number of hydrogen-bond donors (Lipinski definition) is 1. The first-order valence-electron chi connectivity index (χ1n) is 6.44. The Morgan fingerprint density at radius 2 is 2.05 bits per heavy atom. The van der Waals surface area contributed by atoms with Crippen molar-refractivity contribution in [1.29, 1.82) is 0 Å². The lowest BCUT2D eigenvalue weighted by Gasteiger charge is -2.32. The minimum atomic E-state index is -3.63. The minimum Gasteiger partial charge on any atom is -0.373 e. The third-order valence-corrected chi connectivity index (χ3v) is 4.88. The molecule has 2 fully saturated rings. The van der Waals surface area contributed by atoms with Gasteiger partial charge in [-0.3, -0.25) is 4.18 Å². The molecule has 1 aromatic carbocycles. The van der Waals surface area contributed by atoms with E-state index in [1.54, 1.807) is 0 Å². The van der Waals surface area contributed by atoms with Gasteiger partial charge in [-0.15, -0.1) is 0 Å². The molecule has 2 heterocycles. The highest BCUT2D eigenvalue weighted by atomic mass is 32.2. The number of benzene rings is 1. The quantitative estimate of drug-likeness (QED) is 0.880. The van der Waals surface area contributed by atoms with Gasteiger partial charge in [0, 0.05) is 19.4 Å². The van der Waals surface area contributed by atoms with Crippen molar-refractivity contribution in [2.75, 3.05) is 13.2 Å². The predicted octanol–water partition coefficient (Wildman–Crippen LogP) is 1.01. The molecular weight excluding hydrogens is 266 g/mol. The third kappa shape index (κ3) is 2.67. The number of hydrogen-bond acceptors (Lipinski definition) is 4. The highest BCUT2D eigenvalue weighted by Gasteiger charge is 2.47. The van der Waals surface area contributed by atoms with Gasteiger partial charge < -0.3 is 4.74 Å². The van der Waals surface area contributed by atoms with Gasteiger partial charge in [0.2, 0.25) is 0 Å². The second-order valence-corrected chi connectivity index (χ2v) is 6.44. The largest absolute Gasteiger partial charge is 0.373 e. The Labute approximate surface area is 113 Å². The molecule has 19 heavy (non-hydrogen) atoms. The maximum absolute atomic E-state index is 11.6. The van der Waals surface area contributed by atoms with E-state index < -0.39 is 15.9 Å². The second kappa shape index (κ2) is 4.86. The van der Waals surface area contributed by atoms with Crippen LogP contribution in [0.25, 0.3) is 0 Å². The van der Waals surface area contributed by atoms with Crippen LogP contribution in [0, 0.1) is 0 Å². The van der Waals surface area contributed by atoms with Crippen molar-refractivity contribution >= 4 is 10.3 Å². The summed E-state index contributed by atoms with van der Waals surface area (Å²) < 4.78 is 36.6. The maximum Gasteiger partial charge on any atom is 0.336 e. The molecule has 0 bridgehead atoms. The molecule has 0 aliphatic carbocycles. The molecule has 0 unspecified atom stereocenters. The van der Waals surface area contributed by atoms with Crippen LogP contribution in [0.3, 0.4) is 0 Å². The molecule has 0 aromatic heterocycles. The Kier molecular flexibility index (Phi) is 3.34. The molecule has 0 spiro atoms. The average Bonchev–Trinajstić information content (AvgIpc) is 2.67. The fourth-order valence-corrected chi connectivity index (χ4v) is 3.94. The van der Waals surface area contributed by atoms with Crippen molar-refractivity contribution in [3.63, 3.8) is 0 Å². The number of fused-ring (bicyclic) bond motifs is 1. The van der Waals surface area contributed by atoms with Gasteiger partial charge >= 0.3 is 10.3 Å². The summed E-state index contributed by atoms with van der Waals surface area (Å²) in [6, 6.07) is 9.79. The van der Waals surface area contributed by atoms with Gasteiger partial charge in [0.1, 0.15) is 0 Å². The molecule has 104 valence electrons. The van der Waals surface area contributed by atoms with Gasteiger partial charge in [-0.25, -0.2) is 0 Å². The highest BCUT2D eigenvalue weighted by molar-refractivity contribution is 7.84. The lowest BCUT2D eigenvalue weighted by molar-refractivity contribution is -0.0165. The molecule has 6 heteroatoms.